The highest BCUT2D eigenvalue weighted by atomic mass is 35.5. The number of aromatic nitrogens is 3. The summed E-state index contributed by atoms with van der Waals surface area (Å²) < 4.78 is 0. The van der Waals surface area contributed by atoms with Crippen LogP contribution in [0.5, 0.6) is 0 Å². The lowest BCUT2D eigenvalue weighted by Crippen LogP contribution is -2.48. The van der Waals surface area contributed by atoms with Crippen molar-refractivity contribution in [3.05, 3.63) is 72.3 Å². The second kappa shape index (κ2) is 8.43. The highest BCUT2D eigenvalue weighted by molar-refractivity contribution is 6.29. The van der Waals surface area contributed by atoms with Crippen LogP contribution < -0.4 is 4.90 Å². The van der Waals surface area contributed by atoms with Crippen molar-refractivity contribution in [3.8, 4) is 22.4 Å². The molecule has 1 aliphatic rings. The molecule has 3 aromatic heterocycles. The fourth-order valence-corrected chi connectivity index (χ4v) is 4.32. The number of benzene rings is 1. The topological polar surface area (TPSA) is 82.5 Å². The van der Waals surface area contributed by atoms with E-state index in [2.05, 4.69) is 27.0 Å². The predicted octanol–water partition coefficient (Wildman–Crippen LogP) is 4.81. The van der Waals surface area contributed by atoms with Crippen LogP contribution in [0.25, 0.3) is 33.2 Å². The van der Waals surface area contributed by atoms with Crippen molar-refractivity contribution in [3.63, 3.8) is 0 Å². The number of nitrogens with zero attached hydrogens (tertiary/aromatic N) is 5. The molecule has 1 fully saturated rings. The van der Waals surface area contributed by atoms with E-state index < -0.39 is 6.09 Å². The van der Waals surface area contributed by atoms with E-state index in [0.717, 1.165) is 39.0 Å². The van der Waals surface area contributed by atoms with E-state index in [1.807, 2.05) is 42.6 Å². The van der Waals surface area contributed by atoms with Crippen molar-refractivity contribution in [1.29, 1.82) is 0 Å². The first-order valence-electron chi connectivity index (χ1n) is 10.3. The lowest BCUT2D eigenvalue weighted by molar-refractivity contribution is 0.142. The van der Waals surface area contributed by atoms with E-state index in [0.29, 0.717) is 31.3 Å². The van der Waals surface area contributed by atoms with Crippen molar-refractivity contribution in [2.75, 3.05) is 31.1 Å². The molecule has 1 saturated heterocycles. The molecule has 0 radical (unpaired) electrons. The average molecular weight is 446 g/mol. The SMILES string of the molecule is O=C(O)N1CCN(c2nc(-c3ccnc(Cl)c3)c(-c3ccccc3)c3cnccc23)CC1. The van der Waals surface area contributed by atoms with Gasteiger partial charge in [-0.2, -0.15) is 0 Å². The van der Waals surface area contributed by atoms with Crippen LogP contribution in [-0.2, 0) is 0 Å². The molecule has 5 rings (SSSR count). The third-order valence-corrected chi connectivity index (χ3v) is 5.90. The van der Waals surface area contributed by atoms with E-state index in [-0.39, 0.29) is 0 Å². The van der Waals surface area contributed by atoms with Gasteiger partial charge in [0.25, 0.3) is 0 Å². The molecule has 0 atom stereocenters. The van der Waals surface area contributed by atoms with Gasteiger partial charge in [0.15, 0.2) is 0 Å². The molecule has 1 amide bonds. The van der Waals surface area contributed by atoms with Crippen molar-refractivity contribution in [2.45, 2.75) is 0 Å². The Labute approximate surface area is 189 Å². The molecule has 8 heteroatoms. The first-order valence-corrected chi connectivity index (χ1v) is 10.7. The Kier molecular flexibility index (Phi) is 5.33. The van der Waals surface area contributed by atoms with Gasteiger partial charge in [0.2, 0.25) is 0 Å². The molecule has 0 bridgehead atoms. The summed E-state index contributed by atoms with van der Waals surface area (Å²) in [6, 6.07) is 15.8. The normalized spacial score (nSPS) is 14.0. The van der Waals surface area contributed by atoms with Gasteiger partial charge in [0.05, 0.1) is 5.69 Å². The van der Waals surface area contributed by atoms with Gasteiger partial charge in [-0.3, -0.25) is 4.98 Å². The van der Waals surface area contributed by atoms with Crippen LogP contribution in [0.2, 0.25) is 5.15 Å². The van der Waals surface area contributed by atoms with Crippen molar-refractivity contribution >= 4 is 34.3 Å². The van der Waals surface area contributed by atoms with E-state index in [4.69, 9.17) is 16.6 Å². The molecule has 4 aromatic rings. The molecule has 1 aliphatic heterocycles. The first kappa shape index (κ1) is 20.2. The predicted molar refractivity (Wildman–Crippen MR) is 125 cm³/mol. The van der Waals surface area contributed by atoms with Gasteiger partial charge in [-0.15, -0.1) is 0 Å². The summed E-state index contributed by atoms with van der Waals surface area (Å²) in [5, 5.41) is 11.7. The lowest BCUT2D eigenvalue weighted by atomic mass is 9.95. The van der Waals surface area contributed by atoms with Gasteiger partial charge in [-0.05, 0) is 23.8 Å². The zero-order chi connectivity index (χ0) is 22.1. The number of halogens is 1. The molecule has 0 unspecified atom stereocenters. The Morgan fingerprint density at radius 3 is 2.44 bits per heavy atom. The standard InChI is InChI=1S/C24H20ClN5O2/c25-20-14-17(6-9-27-20)22-21(16-4-2-1-3-5-16)19-15-26-8-7-18(19)23(28-22)29-10-12-30(13-11-29)24(31)32/h1-9,14-15H,10-13H2,(H,31,32). The van der Waals surface area contributed by atoms with E-state index >= 15 is 0 Å². The smallest absolute Gasteiger partial charge is 0.407 e. The Bertz CT molecular complexity index is 1290. The lowest BCUT2D eigenvalue weighted by Gasteiger charge is -2.35. The number of carboxylic acid groups (broad SMARTS) is 1. The molecular formula is C24H20ClN5O2. The molecule has 0 saturated carbocycles. The van der Waals surface area contributed by atoms with Gasteiger partial charge in [-0.25, -0.2) is 14.8 Å². The largest absolute Gasteiger partial charge is 0.465 e. The molecule has 32 heavy (non-hydrogen) atoms. The van der Waals surface area contributed by atoms with Crippen LogP contribution in [0.15, 0.2) is 67.1 Å². The van der Waals surface area contributed by atoms with Crippen LogP contribution in [0.4, 0.5) is 10.6 Å². The molecule has 0 aliphatic carbocycles. The van der Waals surface area contributed by atoms with Gasteiger partial charge >= 0.3 is 6.09 Å². The number of amides is 1. The van der Waals surface area contributed by atoms with Crippen LogP contribution in [0.3, 0.4) is 0 Å². The molecule has 1 N–H and O–H groups in total. The maximum atomic E-state index is 11.3. The van der Waals surface area contributed by atoms with Crippen molar-refractivity contribution in [2.24, 2.45) is 0 Å². The number of carbonyl (C=O) groups is 1. The zero-order valence-electron chi connectivity index (χ0n) is 17.1. The van der Waals surface area contributed by atoms with E-state index in [1.54, 1.807) is 12.4 Å². The summed E-state index contributed by atoms with van der Waals surface area (Å²) in [4.78, 5) is 28.6. The van der Waals surface area contributed by atoms with Crippen LogP contribution in [0, 0.1) is 0 Å². The molecule has 4 heterocycles. The second-order valence-electron chi connectivity index (χ2n) is 7.57. The third kappa shape index (κ3) is 3.71. The summed E-state index contributed by atoms with van der Waals surface area (Å²) >= 11 is 6.22. The monoisotopic (exact) mass is 445 g/mol. The Morgan fingerprint density at radius 2 is 1.72 bits per heavy atom. The maximum absolute atomic E-state index is 11.3. The Morgan fingerprint density at radius 1 is 0.938 bits per heavy atom. The number of hydrogen-bond acceptors (Lipinski definition) is 5. The van der Waals surface area contributed by atoms with Crippen molar-refractivity contribution in [1.82, 2.24) is 19.9 Å². The molecule has 0 spiro atoms. The number of anilines is 1. The highest BCUT2D eigenvalue weighted by Crippen LogP contribution is 2.40. The highest BCUT2D eigenvalue weighted by Gasteiger charge is 2.25. The summed E-state index contributed by atoms with van der Waals surface area (Å²) in [7, 11) is 0. The van der Waals surface area contributed by atoms with E-state index in [1.165, 1.54) is 4.90 Å². The minimum Gasteiger partial charge on any atom is -0.465 e. The van der Waals surface area contributed by atoms with Crippen LogP contribution in [0.1, 0.15) is 0 Å². The number of rotatable bonds is 3. The molecular weight excluding hydrogens is 426 g/mol. The summed E-state index contributed by atoms with van der Waals surface area (Å²) in [5.41, 5.74) is 3.66. The quantitative estimate of drug-likeness (QED) is 0.455. The summed E-state index contributed by atoms with van der Waals surface area (Å²) in [6.07, 6.45) is 4.41. The minimum absolute atomic E-state index is 0.395. The Hall–Kier alpha value is -3.71. The maximum Gasteiger partial charge on any atom is 0.407 e. The second-order valence-corrected chi connectivity index (χ2v) is 7.96. The average Bonchev–Trinajstić information content (AvgIpc) is 2.83. The Balaban J connectivity index is 1.74. The minimum atomic E-state index is -0.891. The fourth-order valence-electron chi connectivity index (χ4n) is 4.14. The number of piperazine rings is 1. The summed E-state index contributed by atoms with van der Waals surface area (Å²) in [5.74, 6) is 0.815. The van der Waals surface area contributed by atoms with Gasteiger partial charge < -0.3 is 14.9 Å². The van der Waals surface area contributed by atoms with Gasteiger partial charge in [0.1, 0.15) is 11.0 Å². The number of pyridine rings is 3. The van der Waals surface area contributed by atoms with Crippen LogP contribution >= 0.6 is 11.6 Å². The number of hydrogen-bond donors (Lipinski definition) is 1. The third-order valence-electron chi connectivity index (χ3n) is 5.70. The molecule has 7 nitrogen and oxygen atoms in total. The zero-order valence-corrected chi connectivity index (χ0v) is 17.9. The molecule has 1 aromatic carbocycles. The van der Waals surface area contributed by atoms with Gasteiger partial charge in [0, 0.05) is 66.7 Å². The first-order chi connectivity index (χ1) is 15.6. The van der Waals surface area contributed by atoms with Gasteiger partial charge in [-0.1, -0.05) is 41.9 Å². The molecule has 160 valence electrons. The van der Waals surface area contributed by atoms with Crippen molar-refractivity contribution < 1.29 is 9.90 Å². The summed E-state index contributed by atoms with van der Waals surface area (Å²) in [6.45, 7) is 2.00. The van der Waals surface area contributed by atoms with E-state index in [9.17, 15) is 9.90 Å². The van der Waals surface area contributed by atoms with Crippen LogP contribution in [-0.4, -0.2) is 57.2 Å². The number of fused-ring (bicyclic) bond motifs is 1. The fraction of sp³-hybridized carbons (Fsp3) is 0.167.